The number of carbonyl (C=O) groups excluding carboxylic acids is 3. The molecule has 2 amide bonds. The predicted molar refractivity (Wildman–Crippen MR) is 103 cm³/mol. The van der Waals surface area contributed by atoms with Gasteiger partial charge >= 0.3 is 18.2 Å². The predicted octanol–water partition coefficient (Wildman–Crippen LogP) is 2.65. The highest BCUT2D eigenvalue weighted by Gasteiger charge is 2.76. The van der Waals surface area contributed by atoms with Crippen LogP contribution >= 0.6 is 0 Å². The van der Waals surface area contributed by atoms with Crippen LogP contribution in [-0.2, 0) is 24.5 Å². The van der Waals surface area contributed by atoms with Crippen LogP contribution in [0.25, 0.3) is 0 Å². The number of fused-ring (bicyclic) bond motifs is 1. The molecule has 3 N–H and O–H groups in total. The standard InChI is InChI=1S/C20H25F3N2O6/c1-5-30-15(27)19(29,20(21,22)23)18(10-11-24-16(28)31-17(2,3)4)12-8-6-7-9-13(12)25-14(18)26/h6-9,29H,5,10-11H2,1-4H3,(H,24,28)(H,25,26)/t18-,19-/m1/s1. The summed E-state index contributed by atoms with van der Waals surface area (Å²) in [6.07, 6.45) is -7.26. The van der Waals surface area contributed by atoms with E-state index in [0.29, 0.717) is 0 Å². The lowest BCUT2D eigenvalue weighted by molar-refractivity contribution is -0.281. The summed E-state index contributed by atoms with van der Waals surface area (Å²) in [4.78, 5) is 37.3. The number of amides is 2. The summed E-state index contributed by atoms with van der Waals surface area (Å²) < 4.78 is 52.2. The topological polar surface area (TPSA) is 114 Å². The third kappa shape index (κ3) is 4.32. The zero-order chi connectivity index (χ0) is 23.7. The summed E-state index contributed by atoms with van der Waals surface area (Å²) in [5.41, 5.74) is -8.10. The Morgan fingerprint density at radius 2 is 1.81 bits per heavy atom. The minimum absolute atomic E-state index is 0.0109. The average molecular weight is 446 g/mol. The summed E-state index contributed by atoms with van der Waals surface area (Å²) in [6.45, 7) is 5.10. The highest BCUT2D eigenvalue weighted by atomic mass is 19.4. The van der Waals surface area contributed by atoms with Crippen LogP contribution in [0.5, 0.6) is 0 Å². The van der Waals surface area contributed by atoms with Gasteiger partial charge in [0.2, 0.25) is 5.91 Å². The number of carbonyl (C=O) groups is 3. The number of nitrogens with one attached hydrogen (secondary N) is 2. The van der Waals surface area contributed by atoms with Gasteiger partial charge < -0.3 is 25.2 Å². The number of esters is 1. The summed E-state index contributed by atoms with van der Waals surface area (Å²) in [6, 6.07) is 5.40. The molecule has 0 aromatic heterocycles. The Labute approximate surface area is 177 Å². The van der Waals surface area contributed by atoms with Gasteiger partial charge in [-0.2, -0.15) is 13.2 Å². The quantitative estimate of drug-likeness (QED) is 0.579. The molecule has 0 saturated heterocycles. The van der Waals surface area contributed by atoms with Gasteiger partial charge in [-0.15, -0.1) is 0 Å². The second-order valence-electron chi connectivity index (χ2n) is 8.01. The molecule has 0 spiro atoms. The first-order chi connectivity index (χ1) is 14.2. The van der Waals surface area contributed by atoms with Crippen molar-refractivity contribution in [3.63, 3.8) is 0 Å². The number of para-hydroxylation sites is 1. The number of hydrogen-bond acceptors (Lipinski definition) is 6. The van der Waals surface area contributed by atoms with Crippen molar-refractivity contribution in [2.45, 2.75) is 56.9 Å². The monoisotopic (exact) mass is 446 g/mol. The number of alkyl carbamates (subject to hydrolysis) is 1. The van der Waals surface area contributed by atoms with E-state index in [4.69, 9.17) is 4.74 Å². The summed E-state index contributed by atoms with van der Waals surface area (Å²) >= 11 is 0. The van der Waals surface area contributed by atoms with Gasteiger partial charge in [0.05, 0.1) is 6.61 Å². The number of halogens is 3. The molecule has 11 heteroatoms. The molecule has 0 bridgehead atoms. The molecule has 0 fully saturated rings. The van der Waals surface area contributed by atoms with Crippen LogP contribution in [0.1, 0.15) is 39.7 Å². The number of aliphatic hydroxyl groups is 1. The van der Waals surface area contributed by atoms with Crippen LogP contribution in [0.15, 0.2) is 24.3 Å². The molecule has 1 aromatic carbocycles. The van der Waals surface area contributed by atoms with Crippen LogP contribution in [0.4, 0.5) is 23.7 Å². The van der Waals surface area contributed by atoms with Crippen molar-refractivity contribution in [2.75, 3.05) is 18.5 Å². The molecular formula is C20H25F3N2O6. The second-order valence-corrected chi connectivity index (χ2v) is 8.01. The van der Waals surface area contributed by atoms with E-state index in [9.17, 15) is 32.7 Å². The fourth-order valence-electron chi connectivity index (χ4n) is 3.54. The number of hydrogen-bond donors (Lipinski definition) is 3. The maximum atomic E-state index is 14.2. The van der Waals surface area contributed by atoms with Gasteiger partial charge in [-0.05, 0) is 45.7 Å². The Hall–Kier alpha value is -2.82. The molecule has 1 aliphatic rings. The molecule has 0 aliphatic carbocycles. The van der Waals surface area contributed by atoms with E-state index >= 15 is 0 Å². The first-order valence-corrected chi connectivity index (χ1v) is 9.55. The van der Waals surface area contributed by atoms with Gasteiger partial charge in [-0.25, -0.2) is 9.59 Å². The van der Waals surface area contributed by atoms with Crippen molar-refractivity contribution >= 4 is 23.7 Å². The van der Waals surface area contributed by atoms with Gasteiger partial charge in [0.25, 0.3) is 5.60 Å². The molecule has 2 rings (SSSR count). The van der Waals surface area contributed by atoms with Crippen LogP contribution in [0, 0.1) is 0 Å². The van der Waals surface area contributed by atoms with Crippen molar-refractivity contribution in [1.29, 1.82) is 0 Å². The number of anilines is 1. The molecule has 0 saturated carbocycles. The Balaban J connectivity index is 2.56. The Kier molecular flexibility index (Phi) is 6.60. The van der Waals surface area contributed by atoms with Crippen molar-refractivity contribution < 1.29 is 42.1 Å². The summed E-state index contributed by atoms with van der Waals surface area (Å²) in [5.74, 6) is -3.25. The Morgan fingerprint density at radius 3 is 2.35 bits per heavy atom. The Bertz CT molecular complexity index is 867. The summed E-state index contributed by atoms with van der Waals surface area (Å²) in [7, 11) is 0. The van der Waals surface area contributed by atoms with Gasteiger partial charge in [0.1, 0.15) is 11.0 Å². The van der Waals surface area contributed by atoms with E-state index in [-0.39, 0.29) is 11.3 Å². The molecule has 31 heavy (non-hydrogen) atoms. The van der Waals surface area contributed by atoms with Gasteiger partial charge in [0.15, 0.2) is 0 Å². The molecule has 2 atom stereocenters. The normalized spacial score (nSPS) is 20.3. The second kappa shape index (κ2) is 8.37. The molecule has 1 aliphatic heterocycles. The SMILES string of the molecule is CCOC(=O)[C@](O)(C(F)(F)F)[C@@]1(CCNC(=O)OC(C)(C)C)C(=O)Nc2ccccc21. The number of rotatable bonds is 6. The molecule has 1 aromatic rings. The van der Waals surface area contributed by atoms with E-state index in [0.717, 1.165) is 0 Å². The fraction of sp³-hybridized carbons (Fsp3) is 0.550. The number of ether oxygens (including phenoxy) is 2. The highest BCUT2D eigenvalue weighted by Crippen LogP contribution is 2.53. The van der Waals surface area contributed by atoms with Crippen molar-refractivity contribution in [3.8, 4) is 0 Å². The molecule has 0 radical (unpaired) electrons. The zero-order valence-corrected chi connectivity index (χ0v) is 17.6. The van der Waals surface area contributed by atoms with Gasteiger partial charge in [-0.1, -0.05) is 18.2 Å². The molecule has 172 valence electrons. The van der Waals surface area contributed by atoms with E-state index in [2.05, 4.69) is 15.4 Å². The van der Waals surface area contributed by atoms with E-state index in [1.807, 2.05) is 0 Å². The van der Waals surface area contributed by atoms with Crippen LogP contribution in [0.3, 0.4) is 0 Å². The van der Waals surface area contributed by atoms with Crippen molar-refractivity contribution in [1.82, 2.24) is 5.32 Å². The molecular weight excluding hydrogens is 421 g/mol. The lowest BCUT2D eigenvalue weighted by Gasteiger charge is -2.42. The lowest BCUT2D eigenvalue weighted by Crippen LogP contribution is -2.69. The first-order valence-electron chi connectivity index (χ1n) is 9.55. The highest BCUT2D eigenvalue weighted by molar-refractivity contribution is 6.11. The number of benzene rings is 1. The van der Waals surface area contributed by atoms with E-state index < -0.39 is 60.3 Å². The maximum absolute atomic E-state index is 14.2. The lowest BCUT2D eigenvalue weighted by atomic mass is 9.65. The largest absolute Gasteiger partial charge is 0.464 e. The minimum atomic E-state index is -5.57. The smallest absolute Gasteiger partial charge is 0.429 e. The van der Waals surface area contributed by atoms with Crippen molar-refractivity contribution in [3.05, 3.63) is 29.8 Å². The third-order valence-electron chi connectivity index (χ3n) is 4.79. The van der Waals surface area contributed by atoms with Crippen LogP contribution < -0.4 is 10.6 Å². The van der Waals surface area contributed by atoms with E-state index in [1.54, 1.807) is 20.8 Å². The summed E-state index contributed by atoms with van der Waals surface area (Å²) in [5, 5.41) is 15.4. The third-order valence-corrected chi connectivity index (χ3v) is 4.79. The Morgan fingerprint density at radius 1 is 1.19 bits per heavy atom. The minimum Gasteiger partial charge on any atom is -0.464 e. The first kappa shape index (κ1) is 24.4. The fourth-order valence-corrected chi connectivity index (χ4v) is 3.54. The van der Waals surface area contributed by atoms with Gasteiger partial charge in [-0.3, -0.25) is 4.79 Å². The maximum Gasteiger partial charge on any atom is 0.429 e. The van der Waals surface area contributed by atoms with Crippen LogP contribution in [-0.4, -0.2) is 53.6 Å². The average Bonchev–Trinajstić information content (AvgIpc) is 2.91. The molecule has 8 nitrogen and oxygen atoms in total. The zero-order valence-electron chi connectivity index (χ0n) is 17.6. The number of alkyl halides is 3. The van der Waals surface area contributed by atoms with Crippen LogP contribution in [0.2, 0.25) is 0 Å². The van der Waals surface area contributed by atoms with Crippen molar-refractivity contribution in [2.24, 2.45) is 0 Å². The molecule has 0 unspecified atom stereocenters. The van der Waals surface area contributed by atoms with Gasteiger partial charge in [0, 0.05) is 12.2 Å². The van der Waals surface area contributed by atoms with E-state index in [1.165, 1.54) is 31.2 Å². The molecule has 1 heterocycles.